The van der Waals surface area contributed by atoms with E-state index in [1.807, 2.05) is 24.7 Å². The molecule has 2 aromatic heterocycles. The van der Waals surface area contributed by atoms with E-state index in [1.165, 1.54) is 0 Å². The van der Waals surface area contributed by atoms with Crippen LogP contribution in [0.15, 0.2) is 16.9 Å². The van der Waals surface area contributed by atoms with Crippen LogP contribution in [-0.2, 0) is 19.9 Å². The molecular formula is C17H26N6O3. The van der Waals surface area contributed by atoms with Crippen LogP contribution in [0.3, 0.4) is 0 Å². The lowest BCUT2D eigenvalue weighted by Gasteiger charge is -2.34. The number of amides is 2. The summed E-state index contributed by atoms with van der Waals surface area (Å²) in [5.41, 5.74) is 0. The van der Waals surface area contributed by atoms with E-state index < -0.39 is 6.10 Å². The first kappa shape index (κ1) is 18.4. The molecule has 3 heterocycles. The van der Waals surface area contributed by atoms with Gasteiger partial charge in [0.05, 0.1) is 0 Å². The Hall–Kier alpha value is -2.42. The van der Waals surface area contributed by atoms with E-state index in [1.54, 1.807) is 11.1 Å². The molecule has 1 aliphatic rings. The lowest BCUT2D eigenvalue weighted by molar-refractivity contribution is 0.0584. The number of nitrogens with one attached hydrogen (secondary N) is 1. The molecule has 0 aliphatic carbocycles. The van der Waals surface area contributed by atoms with Crippen LogP contribution in [0, 0.1) is 5.92 Å². The molecule has 2 aromatic rings. The number of hydrogen-bond donors (Lipinski definition) is 2. The molecule has 142 valence electrons. The van der Waals surface area contributed by atoms with Crippen molar-refractivity contribution in [3.63, 3.8) is 0 Å². The van der Waals surface area contributed by atoms with Gasteiger partial charge >= 0.3 is 6.03 Å². The zero-order valence-electron chi connectivity index (χ0n) is 15.3. The molecule has 26 heavy (non-hydrogen) atoms. The van der Waals surface area contributed by atoms with Gasteiger partial charge < -0.3 is 24.4 Å². The number of piperidine rings is 1. The monoisotopic (exact) mass is 362 g/mol. The van der Waals surface area contributed by atoms with Crippen molar-refractivity contribution < 1.29 is 14.4 Å². The number of likely N-dealkylation sites (tertiary alicyclic amines) is 1. The Morgan fingerprint density at radius 3 is 2.85 bits per heavy atom. The highest BCUT2D eigenvalue weighted by Crippen LogP contribution is 2.29. The molecular weight excluding hydrogens is 336 g/mol. The van der Waals surface area contributed by atoms with Gasteiger partial charge in [0.25, 0.3) is 0 Å². The Bertz CT molecular complexity index is 720. The van der Waals surface area contributed by atoms with Gasteiger partial charge in [0.2, 0.25) is 5.89 Å². The molecule has 0 radical (unpaired) electrons. The molecule has 0 aromatic carbocycles. The van der Waals surface area contributed by atoms with Gasteiger partial charge in [-0.15, -0.1) is 0 Å². The van der Waals surface area contributed by atoms with Crippen molar-refractivity contribution in [2.75, 3.05) is 19.6 Å². The fourth-order valence-corrected chi connectivity index (χ4v) is 3.22. The van der Waals surface area contributed by atoms with Crippen molar-refractivity contribution in [1.29, 1.82) is 0 Å². The fourth-order valence-electron chi connectivity index (χ4n) is 3.22. The maximum absolute atomic E-state index is 12.3. The van der Waals surface area contributed by atoms with E-state index in [0.29, 0.717) is 50.0 Å². The second-order valence-electron chi connectivity index (χ2n) is 6.61. The van der Waals surface area contributed by atoms with Crippen molar-refractivity contribution in [3.8, 4) is 0 Å². The Morgan fingerprint density at radius 2 is 2.23 bits per heavy atom. The summed E-state index contributed by atoms with van der Waals surface area (Å²) in [5, 5.41) is 17.3. The molecule has 1 fully saturated rings. The van der Waals surface area contributed by atoms with Crippen LogP contribution >= 0.6 is 0 Å². The van der Waals surface area contributed by atoms with Crippen LogP contribution in [0.25, 0.3) is 0 Å². The van der Waals surface area contributed by atoms with Crippen molar-refractivity contribution in [2.24, 2.45) is 13.0 Å². The number of urea groups is 1. The van der Waals surface area contributed by atoms with Gasteiger partial charge in [0, 0.05) is 51.9 Å². The lowest BCUT2D eigenvalue weighted by Crippen LogP contribution is -2.45. The van der Waals surface area contributed by atoms with E-state index in [2.05, 4.69) is 20.4 Å². The Kier molecular flexibility index (Phi) is 5.87. The van der Waals surface area contributed by atoms with E-state index >= 15 is 0 Å². The van der Waals surface area contributed by atoms with Gasteiger partial charge in [-0.05, 0) is 18.8 Å². The first-order valence-electron chi connectivity index (χ1n) is 9.08. The molecule has 3 rings (SSSR count). The van der Waals surface area contributed by atoms with E-state index in [4.69, 9.17) is 4.52 Å². The maximum Gasteiger partial charge on any atom is 0.317 e. The smallest absolute Gasteiger partial charge is 0.317 e. The Morgan fingerprint density at radius 1 is 1.46 bits per heavy atom. The predicted molar refractivity (Wildman–Crippen MR) is 93.2 cm³/mol. The van der Waals surface area contributed by atoms with Crippen molar-refractivity contribution in [3.05, 3.63) is 29.9 Å². The van der Waals surface area contributed by atoms with Crippen molar-refractivity contribution >= 4 is 6.03 Å². The maximum atomic E-state index is 12.3. The van der Waals surface area contributed by atoms with Crippen LogP contribution in [0.4, 0.5) is 4.79 Å². The van der Waals surface area contributed by atoms with Crippen LogP contribution in [-0.4, -0.2) is 55.4 Å². The van der Waals surface area contributed by atoms with Crippen LogP contribution in [0.2, 0.25) is 0 Å². The SMILES string of the molecule is CCc1nc(CCNC(=O)N2CCC(C(O)c3nccn3C)CC2)no1. The molecule has 2 amide bonds. The minimum atomic E-state index is -0.591. The number of carbonyl (C=O) groups is 1. The molecule has 1 unspecified atom stereocenters. The number of aryl methyl sites for hydroxylation is 2. The van der Waals surface area contributed by atoms with Gasteiger partial charge in [0.15, 0.2) is 5.82 Å². The van der Waals surface area contributed by atoms with E-state index in [0.717, 1.165) is 12.8 Å². The summed E-state index contributed by atoms with van der Waals surface area (Å²) in [4.78, 5) is 22.5. The molecule has 9 heteroatoms. The summed E-state index contributed by atoms with van der Waals surface area (Å²) in [6.07, 6.45) is 5.69. The standard InChI is InChI=1S/C17H26N6O3/c1-3-14-20-13(21-26-14)4-7-19-17(25)23-9-5-12(6-10-23)15(24)16-18-8-11-22(16)2/h8,11-12,15,24H,3-7,9-10H2,1-2H3,(H,19,25). The van der Waals surface area contributed by atoms with Gasteiger partial charge in [-0.3, -0.25) is 0 Å². The molecule has 0 saturated carbocycles. The molecule has 0 bridgehead atoms. The topological polar surface area (TPSA) is 109 Å². The Labute approximate surface area is 152 Å². The number of nitrogens with zero attached hydrogens (tertiary/aromatic N) is 5. The molecule has 1 saturated heterocycles. The molecule has 9 nitrogen and oxygen atoms in total. The summed E-state index contributed by atoms with van der Waals surface area (Å²) in [5.74, 6) is 2.02. The minimum absolute atomic E-state index is 0.0888. The first-order valence-corrected chi connectivity index (χ1v) is 9.08. The van der Waals surface area contributed by atoms with Crippen molar-refractivity contribution in [2.45, 2.75) is 38.7 Å². The molecule has 1 atom stereocenters. The van der Waals surface area contributed by atoms with Gasteiger partial charge in [-0.2, -0.15) is 4.98 Å². The quantitative estimate of drug-likeness (QED) is 0.795. The van der Waals surface area contributed by atoms with Gasteiger partial charge in [0.1, 0.15) is 11.9 Å². The third-order valence-electron chi connectivity index (χ3n) is 4.83. The number of imidazole rings is 1. The molecule has 2 N–H and O–H groups in total. The summed E-state index contributed by atoms with van der Waals surface area (Å²) in [7, 11) is 1.88. The summed E-state index contributed by atoms with van der Waals surface area (Å²) in [6, 6.07) is -0.0888. The van der Waals surface area contributed by atoms with E-state index in [9.17, 15) is 9.90 Å². The molecule has 1 aliphatic heterocycles. The largest absolute Gasteiger partial charge is 0.385 e. The highest BCUT2D eigenvalue weighted by atomic mass is 16.5. The van der Waals surface area contributed by atoms with Crippen LogP contribution in [0.5, 0.6) is 0 Å². The zero-order valence-corrected chi connectivity index (χ0v) is 15.3. The van der Waals surface area contributed by atoms with Crippen LogP contribution in [0.1, 0.15) is 43.4 Å². The number of hydrogen-bond acceptors (Lipinski definition) is 6. The number of aromatic nitrogens is 4. The third kappa shape index (κ3) is 4.21. The number of aliphatic hydroxyl groups is 1. The Balaban J connectivity index is 1.41. The second-order valence-corrected chi connectivity index (χ2v) is 6.61. The summed E-state index contributed by atoms with van der Waals surface area (Å²) >= 11 is 0. The van der Waals surface area contributed by atoms with Crippen molar-refractivity contribution in [1.82, 2.24) is 29.9 Å². The first-order chi connectivity index (χ1) is 12.6. The average Bonchev–Trinajstić information content (AvgIpc) is 3.30. The number of rotatable bonds is 6. The van der Waals surface area contributed by atoms with E-state index in [-0.39, 0.29) is 11.9 Å². The average molecular weight is 362 g/mol. The highest BCUT2D eigenvalue weighted by molar-refractivity contribution is 5.74. The minimum Gasteiger partial charge on any atom is -0.385 e. The zero-order chi connectivity index (χ0) is 18.5. The predicted octanol–water partition coefficient (Wildman–Crippen LogP) is 1.06. The highest BCUT2D eigenvalue weighted by Gasteiger charge is 2.30. The summed E-state index contributed by atoms with van der Waals surface area (Å²) < 4.78 is 6.89. The number of carbonyl (C=O) groups excluding carboxylic acids is 1. The summed E-state index contributed by atoms with van der Waals surface area (Å²) in [6.45, 7) is 3.67. The molecule has 0 spiro atoms. The lowest BCUT2D eigenvalue weighted by atomic mass is 9.91. The fraction of sp³-hybridized carbons (Fsp3) is 0.647. The van der Waals surface area contributed by atoms with Gasteiger partial charge in [-0.1, -0.05) is 12.1 Å². The third-order valence-corrected chi connectivity index (χ3v) is 4.83. The van der Waals surface area contributed by atoms with Gasteiger partial charge in [-0.25, -0.2) is 9.78 Å². The number of aliphatic hydroxyl groups excluding tert-OH is 1. The second kappa shape index (κ2) is 8.31. The normalized spacial score (nSPS) is 16.7. The van der Waals surface area contributed by atoms with Crippen LogP contribution < -0.4 is 5.32 Å².